The summed E-state index contributed by atoms with van der Waals surface area (Å²) in [6, 6.07) is 17.9. The van der Waals surface area contributed by atoms with Crippen molar-refractivity contribution in [1.82, 2.24) is 10.7 Å². The molecule has 2 amide bonds. The van der Waals surface area contributed by atoms with Crippen LogP contribution in [0.25, 0.3) is 6.08 Å². The van der Waals surface area contributed by atoms with E-state index >= 15 is 0 Å². The van der Waals surface area contributed by atoms with Gasteiger partial charge in [0.15, 0.2) is 11.5 Å². The number of hydrogen-bond donors (Lipinski definition) is 2. The van der Waals surface area contributed by atoms with Crippen LogP contribution in [0.1, 0.15) is 21.5 Å². The Morgan fingerprint density at radius 3 is 2.51 bits per heavy atom. The van der Waals surface area contributed by atoms with Gasteiger partial charge in [0.25, 0.3) is 17.5 Å². The standard InChI is InChI=1S/C24H17BrN4O6/c25-18-8-6-16(11-20(18)29(32)33)13-26-28-24(31)19(27-23(30)17-4-2-1-3-5-17)10-15-7-9-21-22(12-15)35-14-34-21/h1-13H,14H2,(H,27,30)(H,28,31)/b19-10+,26-13-. The largest absolute Gasteiger partial charge is 0.454 e. The second-order valence-electron chi connectivity index (χ2n) is 7.16. The molecule has 0 spiro atoms. The van der Waals surface area contributed by atoms with Gasteiger partial charge in [-0.15, -0.1) is 0 Å². The fraction of sp³-hybridized carbons (Fsp3) is 0.0417. The molecule has 4 rings (SSSR count). The average Bonchev–Trinajstić information content (AvgIpc) is 3.33. The number of carbonyl (C=O) groups excluding carboxylic acids is 2. The number of halogens is 1. The van der Waals surface area contributed by atoms with E-state index in [0.717, 1.165) is 0 Å². The van der Waals surface area contributed by atoms with Crippen LogP contribution in [-0.4, -0.2) is 29.7 Å². The van der Waals surface area contributed by atoms with Crippen molar-refractivity contribution in [3.63, 3.8) is 0 Å². The zero-order chi connectivity index (χ0) is 24.8. The molecule has 1 aliphatic rings. The molecule has 3 aromatic carbocycles. The molecule has 1 heterocycles. The van der Waals surface area contributed by atoms with Gasteiger partial charge in [0.05, 0.1) is 15.6 Å². The van der Waals surface area contributed by atoms with Crippen LogP contribution in [0.5, 0.6) is 11.5 Å². The summed E-state index contributed by atoms with van der Waals surface area (Å²) >= 11 is 3.11. The molecule has 0 aromatic heterocycles. The Morgan fingerprint density at radius 2 is 1.74 bits per heavy atom. The van der Waals surface area contributed by atoms with Gasteiger partial charge in [0, 0.05) is 17.2 Å². The van der Waals surface area contributed by atoms with Crippen LogP contribution in [0, 0.1) is 10.1 Å². The number of nitrogens with one attached hydrogen (secondary N) is 2. The highest BCUT2D eigenvalue weighted by atomic mass is 79.9. The predicted octanol–water partition coefficient (Wildman–Crippen LogP) is 4.01. The lowest BCUT2D eigenvalue weighted by molar-refractivity contribution is -0.385. The summed E-state index contributed by atoms with van der Waals surface area (Å²) in [5.41, 5.74) is 3.47. The molecule has 35 heavy (non-hydrogen) atoms. The molecule has 0 aliphatic carbocycles. The number of rotatable bonds is 7. The molecule has 0 unspecified atom stereocenters. The second kappa shape index (κ2) is 10.6. The van der Waals surface area contributed by atoms with E-state index in [9.17, 15) is 19.7 Å². The predicted molar refractivity (Wildman–Crippen MR) is 131 cm³/mol. The summed E-state index contributed by atoms with van der Waals surface area (Å²) < 4.78 is 11.0. The van der Waals surface area contributed by atoms with E-state index in [0.29, 0.717) is 32.7 Å². The van der Waals surface area contributed by atoms with Gasteiger partial charge in [-0.1, -0.05) is 30.3 Å². The SMILES string of the molecule is O=C(N/N=C\c1ccc(Br)c([N+](=O)[O-])c1)/C(=C\c1ccc2c(c1)OCO2)NC(=O)c1ccccc1. The topological polar surface area (TPSA) is 132 Å². The maximum absolute atomic E-state index is 12.9. The lowest BCUT2D eigenvalue weighted by Gasteiger charge is -2.09. The molecule has 11 heteroatoms. The first kappa shape index (κ1) is 23.6. The summed E-state index contributed by atoms with van der Waals surface area (Å²) in [6.07, 6.45) is 2.73. The van der Waals surface area contributed by atoms with E-state index in [4.69, 9.17) is 9.47 Å². The van der Waals surface area contributed by atoms with Gasteiger partial charge in [0.2, 0.25) is 6.79 Å². The van der Waals surface area contributed by atoms with Gasteiger partial charge in [0.1, 0.15) is 5.70 Å². The number of nitrogens with zero attached hydrogens (tertiary/aromatic N) is 2. The summed E-state index contributed by atoms with van der Waals surface area (Å²) in [5, 5.41) is 17.6. The fourth-order valence-corrected chi connectivity index (χ4v) is 3.48. The van der Waals surface area contributed by atoms with E-state index < -0.39 is 16.7 Å². The number of carbonyl (C=O) groups is 2. The second-order valence-corrected chi connectivity index (χ2v) is 8.01. The number of ether oxygens (including phenoxy) is 2. The summed E-state index contributed by atoms with van der Waals surface area (Å²) in [6.45, 7) is 0.101. The van der Waals surface area contributed by atoms with Crippen LogP contribution < -0.4 is 20.2 Å². The van der Waals surface area contributed by atoms with Crippen molar-refractivity contribution in [2.75, 3.05) is 6.79 Å². The highest BCUT2D eigenvalue weighted by Gasteiger charge is 2.17. The Balaban J connectivity index is 1.56. The van der Waals surface area contributed by atoms with E-state index in [1.807, 2.05) is 0 Å². The lowest BCUT2D eigenvalue weighted by Crippen LogP contribution is -2.32. The maximum atomic E-state index is 12.9. The minimum atomic E-state index is -0.699. The van der Waals surface area contributed by atoms with Crippen LogP contribution in [0.15, 0.2) is 82.0 Å². The third-order valence-corrected chi connectivity index (χ3v) is 5.45. The number of benzene rings is 3. The van der Waals surface area contributed by atoms with Gasteiger partial charge >= 0.3 is 0 Å². The molecule has 0 fully saturated rings. The molecule has 2 N–H and O–H groups in total. The Hall–Kier alpha value is -4.51. The zero-order valence-corrected chi connectivity index (χ0v) is 19.5. The summed E-state index contributed by atoms with van der Waals surface area (Å²) in [4.78, 5) is 36.1. The van der Waals surface area contributed by atoms with Crippen LogP contribution in [0.4, 0.5) is 5.69 Å². The summed E-state index contributed by atoms with van der Waals surface area (Å²) in [7, 11) is 0. The molecular weight excluding hydrogens is 520 g/mol. The number of fused-ring (bicyclic) bond motifs is 1. The highest BCUT2D eigenvalue weighted by Crippen LogP contribution is 2.33. The molecule has 0 saturated carbocycles. The summed E-state index contributed by atoms with van der Waals surface area (Å²) in [5.74, 6) is -0.0903. The van der Waals surface area contributed by atoms with E-state index in [2.05, 4.69) is 31.8 Å². The molecule has 1 aliphatic heterocycles. The molecule has 0 saturated heterocycles. The first-order valence-corrected chi connectivity index (χ1v) is 10.9. The molecule has 0 atom stereocenters. The first-order chi connectivity index (χ1) is 16.9. The minimum absolute atomic E-state index is 0.0725. The Kier molecular flexibility index (Phi) is 7.17. The monoisotopic (exact) mass is 536 g/mol. The quantitative estimate of drug-likeness (QED) is 0.203. The van der Waals surface area contributed by atoms with E-state index in [1.165, 1.54) is 24.4 Å². The van der Waals surface area contributed by atoms with Crippen LogP contribution in [0.3, 0.4) is 0 Å². The molecule has 10 nitrogen and oxygen atoms in total. The molecule has 176 valence electrons. The number of nitro benzene ring substituents is 1. The third kappa shape index (κ3) is 5.89. The van der Waals surface area contributed by atoms with Crippen molar-refractivity contribution in [3.05, 3.63) is 104 Å². The first-order valence-electron chi connectivity index (χ1n) is 10.2. The minimum Gasteiger partial charge on any atom is -0.454 e. The number of nitro groups is 1. The van der Waals surface area contributed by atoms with Crippen LogP contribution in [-0.2, 0) is 4.79 Å². The van der Waals surface area contributed by atoms with Crippen molar-refractivity contribution >= 4 is 45.7 Å². The normalized spacial score (nSPS) is 12.4. The average molecular weight is 537 g/mol. The van der Waals surface area contributed by atoms with Gasteiger partial charge < -0.3 is 14.8 Å². The Bertz CT molecular complexity index is 1360. The zero-order valence-electron chi connectivity index (χ0n) is 17.9. The van der Waals surface area contributed by atoms with Crippen molar-refractivity contribution in [2.45, 2.75) is 0 Å². The number of amides is 2. The Morgan fingerprint density at radius 1 is 1.00 bits per heavy atom. The van der Waals surface area contributed by atoms with Crippen molar-refractivity contribution in [1.29, 1.82) is 0 Å². The number of hydrazone groups is 1. The Labute approximate surface area is 207 Å². The molecule has 3 aromatic rings. The van der Waals surface area contributed by atoms with Gasteiger partial charge in [-0.25, -0.2) is 5.43 Å². The molecule has 0 radical (unpaired) electrons. The van der Waals surface area contributed by atoms with E-state index in [-0.39, 0.29) is 18.2 Å². The van der Waals surface area contributed by atoms with Gasteiger partial charge in [-0.2, -0.15) is 5.10 Å². The maximum Gasteiger partial charge on any atom is 0.287 e. The number of hydrogen-bond acceptors (Lipinski definition) is 7. The lowest BCUT2D eigenvalue weighted by atomic mass is 10.1. The van der Waals surface area contributed by atoms with Gasteiger partial charge in [-0.05, 0) is 57.9 Å². The molecular formula is C24H17BrN4O6. The van der Waals surface area contributed by atoms with Crippen LogP contribution in [0.2, 0.25) is 0 Å². The van der Waals surface area contributed by atoms with Crippen molar-refractivity contribution in [3.8, 4) is 11.5 Å². The van der Waals surface area contributed by atoms with Gasteiger partial charge in [-0.3, -0.25) is 19.7 Å². The third-order valence-electron chi connectivity index (χ3n) is 4.78. The van der Waals surface area contributed by atoms with Crippen molar-refractivity contribution < 1.29 is 24.0 Å². The highest BCUT2D eigenvalue weighted by molar-refractivity contribution is 9.10. The molecule has 0 bridgehead atoms. The van der Waals surface area contributed by atoms with Crippen molar-refractivity contribution in [2.24, 2.45) is 5.10 Å². The van der Waals surface area contributed by atoms with Crippen LogP contribution >= 0.6 is 15.9 Å². The fourth-order valence-electron chi connectivity index (χ4n) is 3.09. The smallest absolute Gasteiger partial charge is 0.287 e. The van der Waals surface area contributed by atoms with E-state index in [1.54, 1.807) is 54.6 Å².